The second-order valence-corrected chi connectivity index (χ2v) is 9.83. The number of carbonyl (C=O) groups is 1. The first-order chi connectivity index (χ1) is 19.1. The Bertz CT molecular complexity index is 1450. The van der Waals surface area contributed by atoms with Gasteiger partial charge in [0.15, 0.2) is 0 Å². The van der Waals surface area contributed by atoms with Crippen molar-refractivity contribution in [2.24, 2.45) is 5.41 Å². The van der Waals surface area contributed by atoms with Crippen molar-refractivity contribution >= 4 is 17.6 Å². The normalized spacial score (nSPS) is 14.7. The van der Waals surface area contributed by atoms with Crippen LogP contribution in [0.15, 0.2) is 72.8 Å². The molecule has 40 heavy (non-hydrogen) atoms. The molecule has 1 atom stereocenters. The Morgan fingerprint density at radius 2 is 1.82 bits per heavy atom. The summed E-state index contributed by atoms with van der Waals surface area (Å²) in [5, 5.41) is 9.71. The Morgan fingerprint density at radius 3 is 2.48 bits per heavy atom. The molecule has 6 nitrogen and oxygen atoms in total. The molecule has 1 aliphatic rings. The highest BCUT2D eigenvalue weighted by Gasteiger charge is 2.51. The van der Waals surface area contributed by atoms with Crippen molar-refractivity contribution in [3.05, 3.63) is 94.5 Å². The number of carbonyl (C=O) groups excluding carboxylic acids is 1. The van der Waals surface area contributed by atoms with E-state index >= 15 is 0 Å². The Balaban J connectivity index is 1.45. The van der Waals surface area contributed by atoms with Crippen LogP contribution >= 0.6 is 11.6 Å². The highest BCUT2D eigenvalue weighted by Crippen LogP contribution is 2.50. The van der Waals surface area contributed by atoms with Crippen molar-refractivity contribution in [1.29, 1.82) is 5.26 Å². The molecule has 0 spiro atoms. The van der Waals surface area contributed by atoms with Crippen molar-refractivity contribution in [2.45, 2.75) is 45.8 Å². The molecular formula is C31H28ClF2NO5. The van der Waals surface area contributed by atoms with Gasteiger partial charge in [-0.2, -0.15) is 14.0 Å². The van der Waals surface area contributed by atoms with Gasteiger partial charge < -0.3 is 18.9 Å². The fraction of sp³-hybridized carbons (Fsp3) is 0.290. The number of hydrogen-bond acceptors (Lipinski definition) is 6. The van der Waals surface area contributed by atoms with E-state index in [0.29, 0.717) is 59.5 Å². The van der Waals surface area contributed by atoms with E-state index < -0.39 is 23.6 Å². The van der Waals surface area contributed by atoms with E-state index in [1.165, 1.54) is 6.07 Å². The van der Waals surface area contributed by atoms with Crippen LogP contribution in [0.2, 0.25) is 5.02 Å². The number of benzene rings is 3. The minimum atomic E-state index is -3.76. The van der Waals surface area contributed by atoms with Crippen LogP contribution in [0, 0.1) is 30.6 Å². The van der Waals surface area contributed by atoms with Gasteiger partial charge in [0.2, 0.25) is 6.10 Å². The lowest BCUT2D eigenvalue weighted by atomic mass is 10.1. The van der Waals surface area contributed by atoms with E-state index in [4.69, 9.17) is 30.5 Å². The molecule has 3 aromatic carbocycles. The van der Waals surface area contributed by atoms with Crippen molar-refractivity contribution < 1.29 is 32.5 Å². The molecule has 1 unspecified atom stereocenters. The average Bonchev–Trinajstić information content (AvgIpc) is 3.73. The monoisotopic (exact) mass is 567 g/mol. The molecule has 3 aromatic rings. The zero-order valence-corrected chi connectivity index (χ0v) is 23.0. The number of nitriles is 1. The maximum Gasteiger partial charge on any atom is 0.419 e. The van der Waals surface area contributed by atoms with Crippen molar-refractivity contribution in [1.82, 2.24) is 0 Å². The summed E-state index contributed by atoms with van der Waals surface area (Å²) >= 11 is 6.28. The van der Waals surface area contributed by atoms with Gasteiger partial charge in [0.25, 0.3) is 0 Å². The molecule has 0 bridgehead atoms. The number of rotatable bonds is 11. The smallest absolute Gasteiger partial charge is 0.419 e. The summed E-state index contributed by atoms with van der Waals surface area (Å²) in [6, 6.07) is 19.0. The van der Waals surface area contributed by atoms with Gasteiger partial charge >= 0.3 is 12.1 Å². The fourth-order valence-corrected chi connectivity index (χ4v) is 4.30. The van der Waals surface area contributed by atoms with Crippen LogP contribution < -0.4 is 14.2 Å². The van der Waals surface area contributed by atoms with Gasteiger partial charge in [0.05, 0.1) is 17.0 Å². The molecule has 4 rings (SSSR count). The molecule has 9 heteroatoms. The van der Waals surface area contributed by atoms with Gasteiger partial charge in [-0.1, -0.05) is 48.0 Å². The number of halogens is 3. The van der Waals surface area contributed by atoms with E-state index in [-0.39, 0.29) is 10.8 Å². The summed E-state index contributed by atoms with van der Waals surface area (Å²) in [6.07, 6.45) is -2.80. The number of alkyl halides is 2. The standard InChI is InChI=1S/C31H28ClF2NO5/c1-4-37-28-20(2)17-25(27(32)21(28)3)40-31(33,34)16-15-30(13-14-30)29(36)39-26(19-35)22-9-8-12-24(18-22)38-23-10-6-5-7-11-23/h5-12,15-18,26H,4,13-14H2,1-3H3/b16-15-. The van der Waals surface area contributed by atoms with Crippen molar-refractivity contribution in [3.63, 3.8) is 0 Å². The van der Waals surface area contributed by atoms with Crippen LogP contribution in [0.3, 0.4) is 0 Å². The third-order valence-corrected chi connectivity index (χ3v) is 6.87. The third-order valence-electron chi connectivity index (χ3n) is 6.40. The first kappa shape index (κ1) is 28.9. The fourth-order valence-electron chi connectivity index (χ4n) is 4.12. The molecule has 1 fully saturated rings. The van der Waals surface area contributed by atoms with Gasteiger partial charge in [-0.05, 0) is 69.5 Å². The summed E-state index contributed by atoms with van der Waals surface area (Å²) in [6.45, 7) is 5.57. The first-order valence-electron chi connectivity index (χ1n) is 12.7. The van der Waals surface area contributed by atoms with Crippen molar-refractivity contribution in [2.75, 3.05) is 6.61 Å². The molecule has 1 aliphatic carbocycles. The second kappa shape index (κ2) is 12.0. The molecular weight excluding hydrogens is 540 g/mol. The van der Waals surface area contributed by atoms with Gasteiger partial charge in [0, 0.05) is 17.2 Å². The van der Waals surface area contributed by atoms with Crippen LogP contribution in [0.25, 0.3) is 0 Å². The number of nitrogens with zero attached hydrogens (tertiary/aromatic N) is 1. The summed E-state index contributed by atoms with van der Waals surface area (Å²) in [4.78, 5) is 13.0. The first-order valence-corrected chi connectivity index (χ1v) is 13.1. The number of aryl methyl sites for hydroxylation is 1. The lowest BCUT2D eigenvalue weighted by Crippen LogP contribution is -2.24. The Morgan fingerprint density at radius 1 is 1.12 bits per heavy atom. The molecule has 0 heterocycles. The summed E-state index contributed by atoms with van der Waals surface area (Å²) in [7, 11) is 0. The number of esters is 1. The summed E-state index contributed by atoms with van der Waals surface area (Å²) in [5.74, 6) is 0.599. The summed E-state index contributed by atoms with van der Waals surface area (Å²) < 4.78 is 51.4. The van der Waals surface area contributed by atoms with E-state index in [2.05, 4.69) is 0 Å². The Labute approximate surface area is 236 Å². The van der Waals surface area contributed by atoms with Crippen LogP contribution in [0.4, 0.5) is 8.78 Å². The van der Waals surface area contributed by atoms with E-state index in [9.17, 15) is 18.8 Å². The number of ether oxygens (including phenoxy) is 4. The third kappa shape index (κ3) is 6.72. The van der Waals surface area contributed by atoms with Gasteiger partial charge in [0.1, 0.15) is 29.1 Å². The molecule has 1 saturated carbocycles. The van der Waals surface area contributed by atoms with Crippen LogP contribution in [-0.2, 0) is 9.53 Å². The van der Waals surface area contributed by atoms with Gasteiger partial charge in [-0.25, -0.2) is 0 Å². The van der Waals surface area contributed by atoms with Crippen molar-refractivity contribution in [3.8, 4) is 29.1 Å². The zero-order valence-electron chi connectivity index (χ0n) is 22.2. The molecule has 0 N–H and O–H groups in total. The van der Waals surface area contributed by atoms with Crippen LogP contribution in [0.5, 0.6) is 23.0 Å². The topological polar surface area (TPSA) is 77.8 Å². The average molecular weight is 568 g/mol. The predicted molar refractivity (Wildman–Crippen MR) is 146 cm³/mol. The SMILES string of the molecule is CCOc1c(C)cc(OC(F)(F)/C=C\C2(C(=O)OC(C#N)c3cccc(Oc4ccccc4)c3)CC2)c(Cl)c1C. The molecule has 208 valence electrons. The highest BCUT2D eigenvalue weighted by atomic mass is 35.5. The molecule has 0 radical (unpaired) electrons. The maximum absolute atomic E-state index is 14.8. The van der Waals surface area contributed by atoms with E-state index in [1.54, 1.807) is 50.2 Å². The number of hydrogen-bond donors (Lipinski definition) is 0. The molecule has 0 amide bonds. The maximum atomic E-state index is 14.8. The second-order valence-electron chi connectivity index (χ2n) is 9.45. The van der Waals surface area contributed by atoms with Gasteiger partial charge in [-0.15, -0.1) is 0 Å². The van der Waals surface area contributed by atoms with Crippen LogP contribution in [0.1, 0.15) is 42.6 Å². The minimum absolute atomic E-state index is 0.0120. The zero-order chi connectivity index (χ0) is 28.9. The Kier molecular flexibility index (Phi) is 8.65. The quantitative estimate of drug-likeness (QED) is 0.171. The van der Waals surface area contributed by atoms with E-state index in [0.717, 1.165) is 6.08 Å². The van der Waals surface area contributed by atoms with Gasteiger partial charge in [-0.3, -0.25) is 4.79 Å². The number of para-hydroxylation sites is 1. The summed E-state index contributed by atoms with van der Waals surface area (Å²) in [5.41, 5.74) is 0.213. The molecule has 0 saturated heterocycles. The molecule has 0 aromatic heterocycles. The largest absolute Gasteiger partial charge is 0.493 e. The lowest BCUT2D eigenvalue weighted by Gasteiger charge is -2.20. The van der Waals surface area contributed by atoms with Crippen LogP contribution in [-0.4, -0.2) is 18.7 Å². The molecule has 0 aliphatic heterocycles. The lowest BCUT2D eigenvalue weighted by molar-refractivity contribution is -0.151. The Hall–Kier alpha value is -4.09. The van der Waals surface area contributed by atoms with E-state index in [1.807, 2.05) is 31.2 Å². The predicted octanol–water partition coefficient (Wildman–Crippen LogP) is 8.26. The minimum Gasteiger partial charge on any atom is -0.493 e. The highest BCUT2D eigenvalue weighted by molar-refractivity contribution is 6.33.